The van der Waals surface area contributed by atoms with Crippen LogP contribution in [0.25, 0.3) is 11.3 Å². The lowest BCUT2D eigenvalue weighted by Crippen LogP contribution is -2.35. The van der Waals surface area contributed by atoms with E-state index in [9.17, 15) is 14.7 Å². The van der Waals surface area contributed by atoms with Crippen LogP contribution in [0.5, 0.6) is 0 Å². The topological polar surface area (TPSA) is 54.4 Å². The number of hydrogen-bond acceptors (Lipinski definition) is 3. The summed E-state index contributed by atoms with van der Waals surface area (Å²) in [4.78, 5) is 25.0. The van der Waals surface area contributed by atoms with E-state index in [0.717, 1.165) is 22.3 Å². The van der Waals surface area contributed by atoms with Crippen molar-refractivity contribution in [1.82, 2.24) is 0 Å². The van der Waals surface area contributed by atoms with Crippen LogP contribution in [0.3, 0.4) is 0 Å². The standard InChI is InChI=1S/C21H25ClO3/c1-11(2)12(3)17-13(4)14(7-8-15(17)22)19(24)18-16(23)9-10-21(5,6)20(18)25/h7-8,24H,9-10H2,1-6H3. The number of Topliss-reactive ketones (excluding diaryl/α,β-unsaturated/α-hetero) is 2. The second-order valence-corrected chi connectivity index (χ2v) is 7.99. The largest absolute Gasteiger partial charge is 0.506 e. The van der Waals surface area contributed by atoms with Crippen LogP contribution >= 0.6 is 11.6 Å². The van der Waals surface area contributed by atoms with E-state index >= 15 is 0 Å². The normalized spacial score (nSPS) is 19.0. The Bertz CT molecular complexity index is 822. The SMILES string of the molecule is CC(C)=C(C)c1c(Cl)ccc(C(O)=C2C(=O)CCC(C)(C)C2=O)c1C. The van der Waals surface area contributed by atoms with Crippen LogP contribution in [-0.2, 0) is 9.59 Å². The molecule has 1 N–H and O–H groups in total. The first-order valence-corrected chi connectivity index (χ1v) is 8.82. The van der Waals surface area contributed by atoms with E-state index in [2.05, 4.69) is 0 Å². The van der Waals surface area contributed by atoms with Crippen molar-refractivity contribution in [1.29, 1.82) is 0 Å². The number of carbonyl (C=O) groups is 2. The third-order valence-electron chi connectivity index (χ3n) is 5.13. The van der Waals surface area contributed by atoms with Gasteiger partial charge in [0.05, 0.1) is 0 Å². The van der Waals surface area contributed by atoms with Gasteiger partial charge in [0.2, 0.25) is 0 Å². The second-order valence-electron chi connectivity index (χ2n) is 7.58. The van der Waals surface area contributed by atoms with Crippen molar-refractivity contribution in [3.05, 3.63) is 45.0 Å². The number of allylic oxidation sites excluding steroid dienone is 3. The summed E-state index contributed by atoms with van der Waals surface area (Å²) in [5, 5.41) is 11.4. The number of aliphatic hydroxyl groups excluding tert-OH is 1. The summed E-state index contributed by atoms with van der Waals surface area (Å²) < 4.78 is 0. The summed E-state index contributed by atoms with van der Waals surface area (Å²) in [7, 11) is 0. The van der Waals surface area contributed by atoms with Crippen LogP contribution in [0.1, 0.15) is 64.2 Å². The molecule has 1 fully saturated rings. The Morgan fingerprint density at radius 1 is 1.16 bits per heavy atom. The lowest BCUT2D eigenvalue weighted by Gasteiger charge is -2.29. The molecule has 0 aliphatic heterocycles. The van der Waals surface area contributed by atoms with Crippen molar-refractivity contribution in [3.8, 4) is 0 Å². The van der Waals surface area contributed by atoms with Crippen molar-refractivity contribution in [2.24, 2.45) is 5.41 Å². The predicted molar refractivity (Wildman–Crippen MR) is 103 cm³/mol. The number of hydrogen-bond donors (Lipinski definition) is 1. The summed E-state index contributed by atoms with van der Waals surface area (Å²) in [6, 6.07) is 3.37. The van der Waals surface area contributed by atoms with Gasteiger partial charge in [0, 0.05) is 22.4 Å². The number of carbonyl (C=O) groups excluding carboxylic acids is 2. The number of ketones is 2. The zero-order valence-electron chi connectivity index (χ0n) is 15.7. The Morgan fingerprint density at radius 2 is 1.76 bits per heavy atom. The fourth-order valence-electron chi connectivity index (χ4n) is 3.15. The molecule has 1 aromatic carbocycles. The highest BCUT2D eigenvalue weighted by atomic mass is 35.5. The highest BCUT2D eigenvalue weighted by molar-refractivity contribution is 6.32. The Labute approximate surface area is 154 Å². The van der Waals surface area contributed by atoms with Gasteiger partial charge in [-0.2, -0.15) is 0 Å². The van der Waals surface area contributed by atoms with E-state index in [0.29, 0.717) is 17.0 Å². The lowest BCUT2D eigenvalue weighted by atomic mass is 9.72. The average Bonchev–Trinajstić information content (AvgIpc) is 2.51. The number of halogens is 1. The summed E-state index contributed by atoms with van der Waals surface area (Å²) in [6.07, 6.45) is 0.772. The molecule has 1 aliphatic carbocycles. The third kappa shape index (κ3) is 3.43. The molecule has 0 heterocycles. The van der Waals surface area contributed by atoms with Crippen molar-refractivity contribution < 1.29 is 14.7 Å². The molecule has 0 amide bonds. The molecule has 1 aliphatic rings. The minimum Gasteiger partial charge on any atom is -0.506 e. The molecular weight excluding hydrogens is 336 g/mol. The smallest absolute Gasteiger partial charge is 0.175 e. The first-order valence-electron chi connectivity index (χ1n) is 8.44. The molecule has 0 aromatic heterocycles. The van der Waals surface area contributed by atoms with Gasteiger partial charge < -0.3 is 5.11 Å². The molecule has 0 bridgehead atoms. The lowest BCUT2D eigenvalue weighted by molar-refractivity contribution is -0.130. The van der Waals surface area contributed by atoms with Gasteiger partial charge in [-0.3, -0.25) is 9.59 Å². The fraction of sp³-hybridized carbons (Fsp3) is 0.429. The first kappa shape index (κ1) is 19.5. The molecule has 25 heavy (non-hydrogen) atoms. The average molecular weight is 361 g/mol. The number of benzene rings is 1. The maximum Gasteiger partial charge on any atom is 0.175 e. The summed E-state index contributed by atoms with van der Waals surface area (Å²) >= 11 is 6.37. The third-order valence-corrected chi connectivity index (χ3v) is 5.44. The number of aliphatic hydroxyl groups is 1. The highest BCUT2D eigenvalue weighted by Crippen LogP contribution is 2.38. The van der Waals surface area contributed by atoms with Crippen molar-refractivity contribution in [2.75, 3.05) is 0 Å². The van der Waals surface area contributed by atoms with Gasteiger partial charge in [-0.15, -0.1) is 0 Å². The van der Waals surface area contributed by atoms with E-state index < -0.39 is 5.41 Å². The summed E-state index contributed by atoms with van der Waals surface area (Å²) in [6.45, 7) is 11.4. The van der Waals surface area contributed by atoms with Crippen molar-refractivity contribution >= 4 is 34.5 Å². The summed E-state index contributed by atoms with van der Waals surface area (Å²) in [5.74, 6) is -0.826. The van der Waals surface area contributed by atoms with E-state index in [1.54, 1.807) is 12.1 Å². The van der Waals surface area contributed by atoms with E-state index in [-0.39, 0.29) is 29.3 Å². The van der Waals surface area contributed by atoms with Crippen LogP contribution in [-0.4, -0.2) is 16.7 Å². The quantitative estimate of drug-likeness (QED) is 0.418. The molecule has 0 atom stereocenters. The van der Waals surface area contributed by atoms with Gasteiger partial charge in [-0.05, 0) is 62.9 Å². The van der Waals surface area contributed by atoms with E-state index in [1.165, 1.54) is 0 Å². The van der Waals surface area contributed by atoms with E-state index in [4.69, 9.17) is 11.6 Å². The molecule has 0 radical (unpaired) electrons. The first-order chi connectivity index (χ1) is 11.5. The predicted octanol–water partition coefficient (Wildman–Crippen LogP) is 5.69. The Balaban J connectivity index is 2.74. The molecule has 0 spiro atoms. The molecule has 4 heteroatoms. The summed E-state index contributed by atoms with van der Waals surface area (Å²) in [5.41, 5.74) is 3.48. The molecule has 134 valence electrons. The maximum absolute atomic E-state index is 12.7. The van der Waals surface area contributed by atoms with Gasteiger partial charge in [-0.1, -0.05) is 31.0 Å². The molecule has 0 saturated heterocycles. The van der Waals surface area contributed by atoms with Crippen molar-refractivity contribution in [3.63, 3.8) is 0 Å². The monoisotopic (exact) mass is 360 g/mol. The van der Waals surface area contributed by atoms with Crippen LogP contribution in [0.4, 0.5) is 0 Å². The van der Waals surface area contributed by atoms with Crippen LogP contribution in [0, 0.1) is 12.3 Å². The molecular formula is C21H25ClO3. The van der Waals surface area contributed by atoms with Gasteiger partial charge in [0.25, 0.3) is 0 Å². The van der Waals surface area contributed by atoms with Crippen LogP contribution in [0.2, 0.25) is 5.02 Å². The second kappa shape index (κ2) is 6.80. The van der Waals surface area contributed by atoms with Gasteiger partial charge >= 0.3 is 0 Å². The Kier molecular flexibility index (Phi) is 5.29. The minimum atomic E-state index is -0.643. The highest BCUT2D eigenvalue weighted by Gasteiger charge is 2.40. The molecule has 1 saturated carbocycles. The zero-order valence-corrected chi connectivity index (χ0v) is 16.5. The Hall–Kier alpha value is -1.87. The fourth-order valence-corrected chi connectivity index (χ4v) is 3.50. The van der Waals surface area contributed by atoms with Crippen LogP contribution < -0.4 is 0 Å². The van der Waals surface area contributed by atoms with Crippen LogP contribution in [0.15, 0.2) is 23.3 Å². The number of rotatable bonds is 2. The van der Waals surface area contributed by atoms with Gasteiger partial charge in [0.15, 0.2) is 11.6 Å². The minimum absolute atomic E-state index is 0.0810. The molecule has 0 unspecified atom stereocenters. The van der Waals surface area contributed by atoms with E-state index in [1.807, 2.05) is 41.5 Å². The Morgan fingerprint density at radius 3 is 2.32 bits per heavy atom. The van der Waals surface area contributed by atoms with Gasteiger partial charge in [-0.25, -0.2) is 0 Å². The zero-order chi connectivity index (χ0) is 19.1. The maximum atomic E-state index is 12.7. The van der Waals surface area contributed by atoms with Gasteiger partial charge in [0.1, 0.15) is 11.3 Å². The molecule has 2 rings (SSSR count). The van der Waals surface area contributed by atoms with Crippen molar-refractivity contribution in [2.45, 2.75) is 54.4 Å². The molecule has 1 aromatic rings. The molecule has 3 nitrogen and oxygen atoms in total.